The lowest BCUT2D eigenvalue weighted by molar-refractivity contribution is 0.539. The van der Waals surface area contributed by atoms with Crippen LogP contribution in [0.15, 0.2) is 18.7 Å². The molecule has 0 unspecified atom stereocenters. The third-order valence-electron chi connectivity index (χ3n) is 2.50. The molecule has 0 bridgehead atoms. The van der Waals surface area contributed by atoms with Crippen LogP contribution in [0.25, 0.3) is 0 Å². The van der Waals surface area contributed by atoms with Crippen molar-refractivity contribution in [3.63, 3.8) is 0 Å². The summed E-state index contributed by atoms with van der Waals surface area (Å²) in [7, 11) is 1.93. The van der Waals surface area contributed by atoms with Crippen LogP contribution in [0.5, 0.6) is 0 Å². The van der Waals surface area contributed by atoms with Crippen LogP contribution in [-0.2, 0) is 19.6 Å². The molecule has 1 N–H and O–H groups in total. The van der Waals surface area contributed by atoms with Crippen LogP contribution in [0, 0.1) is 0 Å². The normalized spacial score (nSPS) is 10.9. The van der Waals surface area contributed by atoms with Gasteiger partial charge < -0.3 is 5.32 Å². The fourth-order valence-corrected chi connectivity index (χ4v) is 1.74. The minimum Gasteiger partial charge on any atom is -0.316 e. The highest BCUT2D eigenvalue weighted by atomic mass is 15.4. The van der Waals surface area contributed by atoms with Gasteiger partial charge in [-0.1, -0.05) is 6.92 Å². The first-order chi connectivity index (χ1) is 8.33. The van der Waals surface area contributed by atoms with E-state index in [4.69, 9.17) is 0 Å². The highest BCUT2D eigenvalue weighted by Crippen LogP contribution is 2.02. The van der Waals surface area contributed by atoms with Crippen LogP contribution in [0.3, 0.4) is 0 Å². The number of nitrogens with one attached hydrogen (secondary N) is 1. The molecule has 0 aliphatic rings. The van der Waals surface area contributed by atoms with E-state index in [0.29, 0.717) is 6.54 Å². The second-order valence-corrected chi connectivity index (χ2v) is 3.98. The number of aromatic nitrogens is 5. The Morgan fingerprint density at radius 1 is 1.35 bits per heavy atom. The number of aryl methyl sites for hydroxylation is 1. The first-order valence-electron chi connectivity index (χ1n) is 5.86. The van der Waals surface area contributed by atoms with Crippen molar-refractivity contribution in [3.8, 4) is 0 Å². The van der Waals surface area contributed by atoms with Gasteiger partial charge in [0.25, 0.3) is 0 Å². The van der Waals surface area contributed by atoms with Crippen LogP contribution in [0.2, 0.25) is 0 Å². The molecule has 0 aliphatic carbocycles. The molecule has 2 aromatic heterocycles. The van der Waals surface area contributed by atoms with E-state index in [1.807, 2.05) is 28.8 Å². The molecule has 0 fully saturated rings. The maximum Gasteiger partial charge on any atom is 0.148 e. The minimum absolute atomic E-state index is 0.670. The summed E-state index contributed by atoms with van der Waals surface area (Å²) in [5.74, 6) is 0.950. The topological polar surface area (TPSA) is 60.6 Å². The molecular formula is C11H18N6. The molecule has 0 radical (unpaired) electrons. The second-order valence-electron chi connectivity index (χ2n) is 3.98. The number of rotatable bonds is 6. The predicted molar refractivity (Wildman–Crippen MR) is 64.4 cm³/mol. The van der Waals surface area contributed by atoms with E-state index < -0.39 is 0 Å². The standard InChI is InChI=1S/C11H18N6/c1-3-4-17-11(13-9-15-17)8-16-7-10(5-12-2)6-14-16/h6-7,9,12H,3-5,8H2,1-2H3. The van der Waals surface area contributed by atoms with E-state index in [1.165, 1.54) is 5.56 Å². The lowest BCUT2D eigenvalue weighted by Crippen LogP contribution is -2.10. The van der Waals surface area contributed by atoms with Crippen LogP contribution >= 0.6 is 0 Å². The molecule has 0 aliphatic heterocycles. The van der Waals surface area contributed by atoms with E-state index >= 15 is 0 Å². The van der Waals surface area contributed by atoms with Crippen LogP contribution in [0.1, 0.15) is 24.7 Å². The van der Waals surface area contributed by atoms with E-state index in [0.717, 1.165) is 25.3 Å². The lowest BCUT2D eigenvalue weighted by Gasteiger charge is -2.04. The van der Waals surface area contributed by atoms with Gasteiger partial charge in [0.2, 0.25) is 0 Å². The molecule has 0 aromatic carbocycles. The van der Waals surface area contributed by atoms with Crippen LogP contribution in [0.4, 0.5) is 0 Å². The summed E-state index contributed by atoms with van der Waals surface area (Å²) in [6.45, 7) is 4.54. The predicted octanol–water partition coefficient (Wildman–Crippen LogP) is 0.652. The summed E-state index contributed by atoms with van der Waals surface area (Å²) in [6, 6.07) is 0. The highest BCUT2D eigenvalue weighted by molar-refractivity contribution is 5.04. The average Bonchev–Trinajstić information content (AvgIpc) is 2.91. The highest BCUT2D eigenvalue weighted by Gasteiger charge is 2.05. The Balaban J connectivity index is 2.05. The molecule has 6 heteroatoms. The largest absolute Gasteiger partial charge is 0.316 e. The SMILES string of the molecule is CCCn1ncnc1Cn1cc(CNC)cn1. The Labute approximate surface area is 101 Å². The summed E-state index contributed by atoms with van der Waals surface area (Å²) in [5.41, 5.74) is 1.18. The maximum absolute atomic E-state index is 4.31. The molecule has 0 saturated carbocycles. The lowest BCUT2D eigenvalue weighted by atomic mass is 10.4. The molecule has 6 nitrogen and oxygen atoms in total. The van der Waals surface area contributed by atoms with Gasteiger partial charge in [0, 0.05) is 24.8 Å². The van der Waals surface area contributed by atoms with Gasteiger partial charge in [-0.15, -0.1) is 0 Å². The molecule has 0 spiro atoms. The van der Waals surface area contributed by atoms with Crippen molar-refractivity contribution >= 4 is 0 Å². The Kier molecular flexibility index (Phi) is 3.87. The van der Waals surface area contributed by atoms with Crippen molar-refractivity contribution in [2.24, 2.45) is 0 Å². The third kappa shape index (κ3) is 2.91. The number of hydrogen-bond donors (Lipinski definition) is 1. The fraction of sp³-hybridized carbons (Fsp3) is 0.545. The summed E-state index contributed by atoms with van der Waals surface area (Å²) < 4.78 is 3.82. The van der Waals surface area contributed by atoms with Gasteiger partial charge in [-0.25, -0.2) is 9.67 Å². The van der Waals surface area contributed by atoms with E-state index in [1.54, 1.807) is 6.33 Å². The molecule has 2 rings (SSSR count). The van der Waals surface area contributed by atoms with Gasteiger partial charge in [-0.3, -0.25) is 4.68 Å². The zero-order valence-electron chi connectivity index (χ0n) is 10.3. The van der Waals surface area contributed by atoms with Crippen molar-refractivity contribution in [2.45, 2.75) is 33.0 Å². The molecule has 0 saturated heterocycles. The summed E-state index contributed by atoms with van der Waals surface area (Å²) in [4.78, 5) is 4.26. The van der Waals surface area contributed by atoms with Crippen LogP contribution in [-0.4, -0.2) is 31.6 Å². The van der Waals surface area contributed by atoms with Crippen molar-refractivity contribution in [3.05, 3.63) is 30.1 Å². The smallest absolute Gasteiger partial charge is 0.148 e. The first-order valence-corrected chi connectivity index (χ1v) is 5.86. The van der Waals surface area contributed by atoms with Crippen molar-refractivity contribution in [2.75, 3.05) is 7.05 Å². The van der Waals surface area contributed by atoms with E-state index in [2.05, 4.69) is 27.4 Å². The maximum atomic E-state index is 4.31. The van der Waals surface area contributed by atoms with Gasteiger partial charge >= 0.3 is 0 Å². The molecule has 2 heterocycles. The van der Waals surface area contributed by atoms with Gasteiger partial charge in [-0.2, -0.15) is 10.2 Å². The van der Waals surface area contributed by atoms with Crippen molar-refractivity contribution in [1.82, 2.24) is 29.9 Å². The van der Waals surface area contributed by atoms with Crippen LogP contribution < -0.4 is 5.32 Å². The Morgan fingerprint density at radius 2 is 2.24 bits per heavy atom. The zero-order valence-corrected chi connectivity index (χ0v) is 10.3. The molecule has 0 amide bonds. The van der Waals surface area contributed by atoms with Gasteiger partial charge in [0.1, 0.15) is 18.7 Å². The molecule has 2 aromatic rings. The molecule has 92 valence electrons. The zero-order chi connectivity index (χ0) is 12.1. The Hall–Kier alpha value is -1.69. The Morgan fingerprint density at radius 3 is 3.00 bits per heavy atom. The summed E-state index contributed by atoms with van der Waals surface area (Å²) >= 11 is 0. The molecular weight excluding hydrogens is 216 g/mol. The van der Waals surface area contributed by atoms with Crippen molar-refractivity contribution < 1.29 is 0 Å². The monoisotopic (exact) mass is 234 g/mol. The average molecular weight is 234 g/mol. The van der Waals surface area contributed by atoms with Crippen molar-refractivity contribution in [1.29, 1.82) is 0 Å². The van der Waals surface area contributed by atoms with Gasteiger partial charge in [0.15, 0.2) is 0 Å². The van der Waals surface area contributed by atoms with E-state index in [-0.39, 0.29) is 0 Å². The van der Waals surface area contributed by atoms with Gasteiger partial charge in [0.05, 0.1) is 6.20 Å². The fourth-order valence-electron chi connectivity index (χ4n) is 1.74. The summed E-state index contributed by atoms with van der Waals surface area (Å²) in [5, 5.41) is 11.6. The first kappa shape index (κ1) is 11.8. The summed E-state index contributed by atoms with van der Waals surface area (Å²) in [6.07, 6.45) is 6.56. The van der Waals surface area contributed by atoms with Gasteiger partial charge in [-0.05, 0) is 13.5 Å². The Bertz CT molecular complexity index is 458. The molecule has 0 atom stereocenters. The quantitative estimate of drug-likeness (QED) is 0.797. The van der Waals surface area contributed by atoms with E-state index in [9.17, 15) is 0 Å². The number of hydrogen-bond acceptors (Lipinski definition) is 4. The third-order valence-corrected chi connectivity index (χ3v) is 2.50. The number of nitrogens with zero attached hydrogens (tertiary/aromatic N) is 5. The molecule has 17 heavy (non-hydrogen) atoms. The minimum atomic E-state index is 0.670. The second kappa shape index (κ2) is 5.58.